The molecule has 0 aromatic heterocycles. The Morgan fingerprint density at radius 1 is 1.00 bits per heavy atom. The fraction of sp³-hybridized carbons (Fsp3) is 0.381. The number of hydrogen-bond acceptors (Lipinski definition) is 6. The summed E-state index contributed by atoms with van der Waals surface area (Å²) in [6, 6.07) is 11.7. The predicted octanol–water partition coefficient (Wildman–Crippen LogP) is 2.94. The summed E-state index contributed by atoms with van der Waals surface area (Å²) < 4.78 is 43.4. The van der Waals surface area contributed by atoms with Gasteiger partial charge in [-0.1, -0.05) is 6.42 Å². The number of fused-ring (bicyclic) bond motifs is 1. The van der Waals surface area contributed by atoms with Crippen molar-refractivity contribution in [2.75, 3.05) is 32.2 Å². The fourth-order valence-corrected chi connectivity index (χ4v) is 4.05. The maximum atomic E-state index is 12.4. The minimum absolute atomic E-state index is 0.0722. The molecule has 30 heavy (non-hydrogen) atoms. The number of carbonyl (C=O) groups excluding carboxylic acids is 1. The topological polar surface area (TPSA) is 103 Å². The number of amides is 1. The zero-order valence-electron chi connectivity index (χ0n) is 16.8. The SMILES string of the molecule is COc1ccc(NC(=O)CCCCCNS(=O)(=O)c2ccc3c(c2)OCCO3)cc1. The molecule has 8 nitrogen and oxygen atoms in total. The largest absolute Gasteiger partial charge is 0.497 e. The molecule has 0 fully saturated rings. The molecule has 9 heteroatoms. The Labute approximate surface area is 176 Å². The first-order chi connectivity index (χ1) is 14.5. The van der Waals surface area contributed by atoms with Crippen molar-refractivity contribution in [3.8, 4) is 17.2 Å². The molecule has 0 aliphatic carbocycles. The number of nitrogens with one attached hydrogen (secondary N) is 2. The van der Waals surface area contributed by atoms with Gasteiger partial charge in [-0.25, -0.2) is 13.1 Å². The molecule has 1 aliphatic rings. The van der Waals surface area contributed by atoms with Crippen LogP contribution in [0, 0.1) is 0 Å². The van der Waals surface area contributed by atoms with E-state index in [1.54, 1.807) is 37.4 Å². The molecule has 1 amide bonds. The zero-order chi connectivity index (χ0) is 21.4. The number of anilines is 1. The van der Waals surface area contributed by atoms with E-state index in [1.807, 2.05) is 0 Å². The zero-order valence-corrected chi connectivity index (χ0v) is 17.7. The second-order valence-corrected chi connectivity index (χ2v) is 8.56. The Morgan fingerprint density at radius 3 is 2.47 bits per heavy atom. The number of sulfonamides is 1. The van der Waals surface area contributed by atoms with E-state index < -0.39 is 10.0 Å². The molecule has 1 heterocycles. The molecule has 2 aromatic rings. The van der Waals surface area contributed by atoms with Crippen LogP contribution in [0.25, 0.3) is 0 Å². The van der Waals surface area contributed by atoms with Gasteiger partial charge < -0.3 is 19.5 Å². The smallest absolute Gasteiger partial charge is 0.240 e. The lowest BCUT2D eigenvalue weighted by atomic mass is 10.2. The van der Waals surface area contributed by atoms with E-state index in [1.165, 1.54) is 12.1 Å². The fourth-order valence-electron chi connectivity index (χ4n) is 2.97. The Hall–Kier alpha value is -2.78. The van der Waals surface area contributed by atoms with Gasteiger partial charge in [0.15, 0.2) is 11.5 Å². The van der Waals surface area contributed by atoms with Gasteiger partial charge in [0.2, 0.25) is 15.9 Å². The van der Waals surface area contributed by atoms with E-state index >= 15 is 0 Å². The Morgan fingerprint density at radius 2 is 1.73 bits per heavy atom. The van der Waals surface area contributed by atoms with Crippen molar-refractivity contribution in [3.63, 3.8) is 0 Å². The van der Waals surface area contributed by atoms with E-state index in [4.69, 9.17) is 14.2 Å². The van der Waals surface area contributed by atoms with Gasteiger partial charge in [0, 0.05) is 24.7 Å². The molecule has 3 rings (SSSR count). The molecule has 2 N–H and O–H groups in total. The highest BCUT2D eigenvalue weighted by atomic mass is 32.2. The third-order valence-electron chi connectivity index (χ3n) is 4.57. The molecule has 162 valence electrons. The molecule has 1 aliphatic heterocycles. The lowest BCUT2D eigenvalue weighted by Crippen LogP contribution is -2.25. The minimum atomic E-state index is -3.62. The molecule has 0 bridgehead atoms. The average Bonchev–Trinajstić information content (AvgIpc) is 2.76. The summed E-state index contributed by atoms with van der Waals surface area (Å²) in [5.74, 6) is 1.64. The number of benzene rings is 2. The van der Waals surface area contributed by atoms with Gasteiger partial charge in [-0.15, -0.1) is 0 Å². The first-order valence-corrected chi connectivity index (χ1v) is 11.3. The standard InChI is InChI=1S/C21H26N2O6S/c1-27-17-8-6-16(7-9-17)23-21(24)5-3-2-4-12-22-30(25,26)18-10-11-19-20(15-18)29-14-13-28-19/h6-11,15,22H,2-5,12-14H2,1H3,(H,23,24). The summed E-state index contributed by atoms with van der Waals surface area (Å²) in [7, 11) is -2.03. The third-order valence-corrected chi connectivity index (χ3v) is 6.03. The van der Waals surface area contributed by atoms with Crippen LogP contribution in [-0.4, -0.2) is 41.2 Å². The van der Waals surface area contributed by atoms with Crippen LogP contribution < -0.4 is 24.2 Å². The lowest BCUT2D eigenvalue weighted by molar-refractivity contribution is -0.116. The van der Waals surface area contributed by atoms with E-state index in [-0.39, 0.29) is 10.8 Å². The summed E-state index contributed by atoms with van der Waals surface area (Å²) in [5, 5.41) is 2.83. The molecule has 0 unspecified atom stereocenters. The summed E-state index contributed by atoms with van der Waals surface area (Å²) in [4.78, 5) is 12.1. The van der Waals surface area contributed by atoms with E-state index in [2.05, 4.69) is 10.0 Å². The van der Waals surface area contributed by atoms with Crippen LogP contribution in [0.5, 0.6) is 17.2 Å². The Kier molecular flexibility index (Phi) is 7.53. The third kappa shape index (κ3) is 6.11. The highest BCUT2D eigenvalue weighted by Crippen LogP contribution is 2.32. The van der Waals surface area contributed by atoms with Gasteiger partial charge >= 0.3 is 0 Å². The normalized spacial score (nSPS) is 13.0. The van der Waals surface area contributed by atoms with Gasteiger partial charge in [0.05, 0.1) is 12.0 Å². The molecule has 0 saturated heterocycles. The summed E-state index contributed by atoms with van der Waals surface area (Å²) in [6.07, 6.45) is 2.42. The molecule has 0 saturated carbocycles. The predicted molar refractivity (Wildman–Crippen MR) is 113 cm³/mol. The number of carbonyl (C=O) groups is 1. The molecule has 0 radical (unpaired) electrons. The number of methoxy groups -OCH3 is 1. The molecule has 0 atom stereocenters. The molecular formula is C21H26N2O6S. The number of hydrogen-bond donors (Lipinski definition) is 2. The van der Waals surface area contributed by atoms with Crippen molar-refractivity contribution in [2.24, 2.45) is 0 Å². The van der Waals surface area contributed by atoms with Crippen LogP contribution in [0.1, 0.15) is 25.7 Å². The quantitative estimate of drug-likeness (QED) is 0.558. The number of unbranched alkanes of at least 4 members (excludes halogenated alkanes) is 2. The maximum absolute atomic E-state index is 12.4. The van der Waals surface area contributed by atoms with Crippen molar-refractivity contribution in [3.05, 3.63) is 42.5 Å². The van der Waals surface area contributed by atoms with Gasteiger partial charge in [0.25, 0.3) is 0 Å². The monoisotopic (exact) mass is 434 g/mol. The first-order valence-electron chi connectivity index (χ1n) is 9.81. The summed E-state index contributed by atoms with van der Waals surface area (Å²) in [6.45, 7) is 1.16. The van der Waals surface area contributed by atoms with Crippen LogP contribution >= 0.6 is 0 Å². The number of rotatable bonds is 10. The Bertz CT molecular complexity index is 960. The van der Waals surface area contributed by atoms with Gasteiger partial charge in [-0.2, -0.15) is 0 Å². The molecule has 0 spiro atoms. The van der Waals surface area contributed by atoms with Crippen molar-refractivity contribution >= 4 is 21.6 Å². The first kappa shape index (κ1) is 21.9. The van der Waals surface area contributed by atoms with Crippen molar-refractivity contribution < 1.29 is 27.4 Å². The van der Waals surface area contributed by atoms with Crippen molar-refractivity contribution in [2.45, 2.75) is 30.6 Å². The van der Waals surface area contributed by atoms with Crippen molar-refractivity contribution in [1.29, 1.82) is 0 Å². The summed E-state index contributed by atoms with van der Waals surface area (Å²) in [5.41, 5.74) is 0.716. The average molecular weight is 435 g/mol. The maximum Gasteiger partial charge on any atom is 0.240 e. The Balaban J connectivity index is 1.35. The van der Waals surface area contributed by atoms with Crippen LogP contribution in [0.3, 0.4) is 0 Å². The number of ether oxygens (including phenoxy) is 3. The molecule has 2 aromatic carbocycles. The van der Waals surface area contributed by atoms with Crippen LogP contribution in [0.15, 0.2) is 47.4 Å². The van der Waals surface area contributed by atoms with E-state index in [9.17, 15) is 13.2 Å². The summed E-state index contributed by atoms with van der Waals surface area (Å²) >= 11 is 0. The van der Waals surface area contributed by atoms with Crippen molar-refractivity contribution in [1.82, 2.24) is 4.72 Å². The lowest BCUT2D eigenvalue weighted by Gasteiger charge is -2.18. The van der Waals surface area contributed by atoms with Gasteiger partial charge in [-0.05, 0) is 49.2 Å². The highest BCUT2D eigenvalue weighted by Gasteiger charge is 2.18. The van der Waals surface area contributed by atoms with E-state index in [0.29, 0.717) is 56.2 Å². The van der Waals surface area contributed by atoms with Gasteiger partial charge in [0.1, 0.15) is 19.0 Å². The second-order valence-electron chi connectivity index (χ2n) is 6.79. The second kappa shape index (κ2) is 10.3. The molecular weight excluding hydrogens is 408 g/mol. The van der Waals surface area contributed by atoms with E-state index in [0.717, 1.165) is 12.2 Å². The van der Waals surface area contributed by atoms with Gasteiger partial charge in [-0.3, -0.25) is 4.79 Å². The minimum Gasteiger partial charge on any atom is -0.497 e. The van der Waals surface area contributed by atoms with Crippen LogP contribution in [0.2, 0.25) is 0 Å². The highest BCUT2D eigenvalue weighted by molar-refractivity contribution is 7.89. The van der Waals surface area contributed by atoms with Crippen LogP contribution in [-0.2, 0) is 14.8 Å². The van der Waals surface area contributed by atoms with Crippen LogP contribution in [0.4, 0.5) is 5.69 Å².